The van der Waals surface area contributed by atoms with Gasteiger partial charge in [0.05, 0.1) is 11.2 Å². The van der Waals surface area contributed by atoms with E-state index in [2.05, 4.69) is 14.1 Å². The zero-order valence-electron chi connectivity index (χ0n) is 14.0. The molecule has 2 heterocycles. The van der Waals surface area contributed by atoms with Crippen molar-refractivity contribution >= 4 is 44.3 Å². The quantitative estimate of drug-likeness (QED) is 0.592. The Hall–Kier alpha value is -2.43. The van der Waals surface area contributed by atoms with Gasteiger partial charge in [-0.15, -0.1) is 0 Å². The summed E-state index contributed by atoms with van der Waals surface area (Å²) in [6.07, 6.45) is 2.00. The Kier molecular flexibility index (Phi) is 5.49. The van der Waals surface area contributed by atoms with E-state index in [4.69, 9.17) is 21.1 Å². The van der Waals surface area contributed by atoms with Crippen molar-refractivity contribution in [1.29, 1.82) is 0 Å². The van der Waals surface area contributed by atoms with E-state index in [1.54, 1.807) is 25.1 Å². The van der Waals surface area contributed by atoms with Gasteiger partial charge in [0.2, 0.25) is 10.9 Å². The highest BCUT2D eigenvalue weighted by molar-refractivity contribution is 7.93. The van der Waals surface area contributed by atoms with Crippen molar-refractivity contribution in [2.24, 2.45) is 0 Å². The van der Waals surface area contributed by atoms with Crippen LogP contribution in [0.5, 0.6) is 0 Å². The van der Waals surface area contributed by atoms with Gasteiger partial charge in [-0.2, -0.15) is 4.37 Å². The Morgan fingerprint density at radius 2 is 2.11 bits per heavy atom. The standard InChI is InChI=1S/C16H14ClN3O5S2/c1-9-11(17)3-2-4-12(9)27(23,24)20-16-18-13(19-26-16)6-5-10-7-8-25-14(10)15(21)22/h2-4,7-8H,5-6H2,1H3,(H,21,22)(H,18,19,20). The molecule has 0 aliphatic heterocycles. The van der Waals surface area contributed by atoms with Crippen LogP contribution in [0.4, 0.5) is 5.13 Å². The summed E-state index contributed by atoms with van der Waals surface area (Å²) in [6, 6.07) is 6.19. The minimum Gasteiger partial charge on any atom is -0.475 e. The van der Waals surface area contributed by atoms with Crippen LogP contribution < -0.4 is 4.72 Å². The van der Waals surface area contributed by atoms with Gasteiger partial charge in [0.1, 0.15) is 5.82 Å². The highest BCUT2D eigenvalue weighted by Crippen LogP contribution is 2.25. The maximum atomic E-state index is 12.5. The van der Waals surface area contributed by atoms with Gasteiger partial charge in [-0.1, -0.05) is 17.7 Å². The molecule has 0 unspecified atom stereocenters. The largest absolute Gasteiger partial charge is 0.475 e. The summed E-state index contributed by atoms with van der Waals surface area (Å²) in [5.74, 6) is -0.868. The summed E-state index contributed by atoms with van der Waals surface area (Å²) >= 11 is 6.89. The second kappa shape index (κ2) is 7.67. The second-order valence-corrected chi connectivity index (χ2v) is 8.37. The van der Waals surface area contributed by atoms with Gasteiger partial charge in [-0.05, 0) is 37.1 Å². The fraction of sp³-hybridized carbons (Fsp3) is 0.188. The average Bonchev–Trinajstić information content (AvgIpc) is 3.24. The molecule has 3 rings (SSSR count). The zero-order chi connectivity index (χ0) is 19.6. The first-order chi connectivity index (χ1) is 12.8. The summed E-state index contributed by atoms with van der Waals surface area (Å²) in [7, 11) is -3.85. The van der Waals surface area contributed by atoms with Crippen molar-refractivity contribution in [2.75, 3.05) is 4.72 Å². The number of aromatic nitrogens is 2. The average molecular weight is 428 g/mol. The molecule has 0 saturated carbocycles. The van der Waals surface area contributed by atoms with Crippen molar-refractivity contribution in [3.05, 3.63) is 58.3 Å². The van der Waals surface area contributed by atoms with E-state index in [1.807, 2.05) is 0 Å². The Morgan fingerprint density at radius 1 is 1.33 bits per heavy atom. The summed E-state index contributed by atoms with van der Waals surface area (Å²) in [4.78, 5) is 15.3. The first-order valence-corrected chi connectivity index (χ1v) is 10.3. The lowest BCUT2D eigenvalue weighted by Crippen LogP contribution is -2.14. The van der Waals surface area contributed by atoms with Crippen LogP contribution in [0.15, 0.2) is 39.8 Å². The lowest BCUT2D eigenvalue weighted by atomic mass is 10.1. The first kappa shape index (κ1) is 19.3. The molecule has 11 heteroatoms. The molecule has 0 aliphatic rings. The number of sulfonamides is 1. The third-order valence-electron chi connectivity index (χ3n) is 3.76. The second-order valence-electron chi connectivity index (χ2n) is 5.56. The highest BCUT2D eigenvalue weighted by atomic mass is 35.5. The molecule has 0 spiro atoms. The molecule has 3 aromatic rings. The molecule has 8 nitrogen and oxygen atoms in total. The number of halogens is 1. The van der Waals surface area contributed by atoms with Crippen molar-refractivity contribution in [1.82, 2.24) is 9.36 Å². The molecule has 0 radical (unpaired) electrons. The van der Waals surface area contributed by atoms with Gasteiger partial charge >= 0.3 is 5.97 Å². The first-order valence-electron chi connectivity index (χ1n) is 7.68. The number of carbonyl (C=O) groups is 1. The Balaban J connectivity index is 1.71. The van der Waals surface area contributed by atoms with Crippen LogP contribution in [0.1, 0.15) is 27.5 Å². The number of carboxylic acid groups (broad SMARTS) is 1. The Morgan fingerprint density at radius 3 is 2.85 bits per heavy atom. The van der Waals surface area contributed by atoms with E-state index >= 15 is 0 Å². The lowest BCUT2D eigenvalue weighted by Gasteiger charge is -2.08. The van der Waals surface area contributed by atoms with Crippen LogP contribution in [0.2, 0.25) is 5.02 Å². The molecule has 0 bridgehead atoms. The molecule has 0 atom stereocenters. The van der Waals surface area contributed by atoms with Gasteiger partial charge in [-0.25, -0.2) is 18.2 Å². The van der Waals surface area contributed by atoms with Gasteiger partial charge in [0.25, 0.3) is 10.0 Å². The van der Waals surface area contributed by atoms with Crippen molar-refractivity contribution < 1.29 is 22.7 Å². The molecule has 1 aromatic carbocycles. The molecule has 0 saturated heterocycles. The summed E-state index contributed by atoms with van der Waals surface area (Å²) < 4.78 is 36.5. The van der Waals surface area contributed by atoms with Crippen molar-refractivity contribution in [3.63, 3.8) is 0 Å². The molecule has 2 aromatic heterocycles. The van der Waals surface area contributed by atoms with Crippen LogP contribution in [0.25, 0.3) is 0 Å². The molecular weight excluding hydrogens is 414 g/mol. The van der Waals surface area contributed by atoms with Crippen LogP contribution in [0.3, 0.4) is 0 Å². The maximum absolute atomic E-state index is 12.5. The highest BCUT2D eigenvalue weighted by Gasteiger charge is 2.20. The van der Waals surface area contributed by atoms with Crippen molar-refractivity contribution in [3.8, 4) is 0 Å². The number of aromatic carboxylic acids is 1. The molecule has 142 valence electrons. The van der Waals surface area contributed by atoms with Crippen molar-refractivity contribution in [2.45, 2.75) is 24.7 Å². The molecule has 0 amide bonds. The number of hydrogen-bond acceptors (Lipinski definition) is 7. The summed E-state index contributed by atoms with van der Waals surface area (Å²) in [6.45, 7) is 1.62. The third kappa shape index (κ3) is 4.29. The monoisotopic (exact) mass is 427 g/mol. The summed E-state index contributed by atoms with van der Waals surface area (Å²) in [5.41, 5.74) is 0.964. The van der Waals surface area contributed by atoms with Gasteiger partial charge in [-0.3, -0.25) is 4.72 Å². The maximum Gasteiger partial charge on any atom is 0.372 e. The molecule has 27 heavy (non-hydrogen) atoms. The molecule has 0 aliphatic carbocycles. The van der Waals surface area contributed by atoms with E-state index in [0.717, 1.165) is 11.5 Å². The Bertz CT molecular complexity index is 1090. The van der Waals surface area contributed by atoms with Gasteiger partial charge in [0, 0.05) is 28.5 Å². The fourth-order valence-corrected chi connectivity index (χ4v) is 4.75. The van der Waals surface area contributed by atoms with Crippen LogP contribution in [-0.4, -0.2) is 28.9 Å². The number of rotatable bonds is 7. The van der Waals surface area contributed by atoms with Crippen LogP contribution in [0, 0.1) is 6.92 Å². The van der Waals surface area contributed by atoms with Gasteiger partial charge in [0.15, 0.2) is 0 Å². The molecule has 0 fully saturated rings. The minimum atomic E-state index is -3.85. The number of hydrogen-bond donors (Lipinski definition) is 2. The fourth-order valence-electron chi connectivity index (χ4n) is 2.41. The molecule has 2 N–H and O–H groups in total. The number of nitrogens with one attached hydrogen (secondary N) is 1. The predicted octanol–water partition coefficient (Wildman–Crippen LogP) is 3.38. The number of carboxylic acids is 1. The smallest absolute Gasteiger partial charge is 0.372 e. The van der Waals surface area contributed by atoms with E-state index in [-0.39, 0.29) is 15.8 Å². The number of nitrogens with zero attached hydrogens (tertiary/aromatic N) is 2. The number of aryl methyl sites for hydroxylation is 2. The van der Waals surface area contributed by atoms with E-state index < -0.39 is 16.0 Å². The van der Waals surface area contributed by atoms with E-state index in [0.29, 0.717) is 34.8 Å². The normalized spacial score (nSPS) is 11.5. The minimum absolute atomic E-state index is 0.0660. The van der Waals surface area contributed by atoms with E-state index in [9.17, 15) is 13.2 Å². The lowest BCUT2D eigenvalue weighted by molar-refractivity contribution is 0.0660. The predicted molar refractivity (Wildman–Crippen MR) is 100.0 cm³/mol. The summed E-state index contributed by atoms with van der Waals surface area (Å²) in [5, 5.41) is 9.50. The third-order valence-corrected chi connectivity index (χ3v) is 6.45. The topological polar surface area (TPSA) is 122 Å². The number of benzene rings is 1. The molecular formula is C16H14ClN3O5S2. The van der Waals surface area contributed by atoms with Gasteiger partial charge < -0.3 is 9.52 Å². The number of anilines is 1. The Labute approximate surface area is 164 Å². The SMILES string of the molecule is Cc1c(Cl)cccc1S(=O)(=O)Nc1nc(CCc2ccoc2C(=O)O)ns1. The zero-order valence-corrected chi connectivity index (χ0v) is 16.4. The van der Waals surface area contributed by atoms with E-state index in [1.165, 1.54) is 12.3 Å². The van der Waals surface area contributed by atoms with Crippen LogP contribution >= 0.6 is 23.1 Å². The van der Waals surface area contributed by atoms with Crippen LogP contribution in [-0.2, 0) is 22.9 Å². The number of furan rings is 1.